The highest BCUT2D eigenvalue weighted by molar-refractivity contribution is 14.1. The third-order valence-corrected chi connectivity index (χ3v) is 3.97. The van der Waals surface area contributed by atoms with Gasteiger partial charge in [0.1, 0.15) is 0 Å². The number of hydrogen-bond acceptors (Lipinski definition) is 1. The zero-order chi connectivity index (χ0) is 13.9. The quantitative estimate of drug-likeness (QED) is 0.650. The molecular formula is C14H19BrINO. The van der Waals surface area contributed by atoms with Crippen LogP contribution in [-0.2, 0) is 0 Å². The van der Waals surface area contributed by atoms with Crippen LogP contribution in [0.4, 0.5) is 0 Å². The molecule has 0 radical (unpaired) electrons. The minimum Gasteiger partial charge on any atom is -0.336 e. The normalized spacial score (nSPS) is 11.1. The number of benzene rings is 1. The van der Waals surface area contributed by atoms with E-state index in [0.29, 0.717) is 5.92 Å². The minimum atomic E-state index is 0.101. The van der Waals surface area contributed by atoms with Crippen LogP contribution in [0.2, 0.25) is 0 Å². The van der Waals surface area contributed by atoms with Crippen molar-refractivity contribution in [2.45, 2.75) is 33.7 Å². The molecule has 0 aliphatic rings. The lowest BCUT2D eigenvalue weighted by molar-refractivity contribution is 0.0681. The molecule has 0 N–H and O–H groups in total. The second-order valence-corrected chi connectivity index (χ2v) is 7.17. The Labute approximate surface area is 131 Å². The lowest BCUT2D eigenvalue weighted by Crippen LogP contribution is -2.39. The van der Waals surface area contributed by atoms with Crippen LogP contribution in [0, 0.1) is 9.49 Å². The first-order chi connectivity index (χ1) is 8.32. The minimum absolute atomic E-state index is 0.101. The average Bonchev–Trinajstić information content (AvgIpc) is 2.27. The molecule has 2 nitrogen and oxygen atoms in total. The van der Waals surface area contributed by atoms with Gasteiger partial charge in [-0.2, -0.15) is 0 Å². The molecule has 100 valence electrons. The number of hydrogen-bond donors (Lipinski definition) is 0. The van der Waals surface area contributed by atoms with Crippen LogP contribution in [0.25, 0.3) is 0 Å². The highest BCUT2D eigenvalue weighted by atomic mass is 127. The van der Waals surface area contributed by atoms with Crippen LogP contribution in [0.15, 0.2) is 22.7 Å². The number of amides is 1. The summed E-state index contributed by atoms with van der Waals surface area (Å²) in [7, 11) is 0. The number of halogens is 2. The van der Waals surface area contributed by atoms with Crippen molar-refractivity contribution in [3.05, 3.63) is 31.8 Å². The molecule has 0 saturated carbocycles. The van der Waals surface area contributed by atoms with Crippen LogP contribution in [-0.4, -0.2) is 23.4 Å². The van der Waals surface area contributed by atoms with Crippen molar-refractivity contribution in [3.8, 4) is 0 Å². The first-order valence-electron chi connectivity index (χ1n) is 6.09. The number of carbonyl (C=O) groups excluding carboxylic acids is 1. The van der Waals surface area contributed by atoms with E-state index in [9.17, 15) is 4.79 Å². The summed E-state index contributed by atoms with van der Waals surface area (Å²) in [5, 5.41) is 0. The molecule has 0 fully saturated rings. The maximum Gasteiger partial charge on any atom is 0.255 e. The van der Waals surface area contributed by atoms with E-state index in [1.165, 1.54) is 0 Å². The van der Waals surface area contributed by atoms with E-state index in [-0.39, 0.29) is 11.9 Å². The van der Waals surface area contributed by atoms with Crippen LogP contribution < -0.4 is 0 Å². The summed E-state index contributed by atoms with van der Waals surface area (Å²) < 4.78 is 1.94. The third kappa shape index (κ3) is 4.23. The lowest BCUT2D eigenvalue weighted by Gasteiger charge is -2.29. The Balaban J connectivity index is 3.05. The molecule has 1 amide bonds. The summed E-state index contributed by atoms with van der Waals surface area (Å²) in [6, 6.07) is 6.07. The van der Waals surface area contributed by atoms with E-state index in [1.54, 1.807) is 0 Å². The van der Waals surface area contributed by atoms with E-state index in [0.717, 1.165) is 20.2 Å². The van der Waals surface area contributed by atoms with E-state index < -0.39 is 0 Å². The number of rotatable bonds is 4. The summed E-state index contributed by atoms with van der Waals surface area (Å²) in [4.78, 5) is 14.5. The van der Waals surface area contributed by atoms with Crippen molar-refractivity contribution in [1.29, 1.82) is 0 Å². The Morgan fingerprint density at radius 3 is 2.44 bits per heavy atom. The first-order valence-corrected chi connectivity index (χ1v) is 7.96. The SMILES string of the molecule is CC(C)CN(C(=O)c1cc(I)ccc1Br)C(C)C. The van der Waals surface area contributed by atoms with Crippen LogP contribution in [0.1, 0.15) is 38.1 Å². The maximum atomic E-state index is 12.6. The second kappa shape index (κ2) is 6.89. The summed E-state index contributed by atoms with van der Waals surface area (Å²) in [5.74, 6) is 0.571. The fourth-order valence-corrected chi connectivity index (χ4v) is 2.65. The molecule has 1 aromatic carbocycles. The molecule has 0 aliphatic heterocycles. The van der Waals surface area contributed by atoms with Gasteiger partial charge < -0.3 is 4.90 Å². The van der Waals surface area contributed by atoms with Gasteiger partial charge in [-0.05, 0) is 76.5 Å². The van der Waals surface area contributed by atoms with Crippen LogP contribution in [0.5, 0.6) is 0 Å². The van der Waals surface area contributed by atoms with Gasteiger partial charge in [0.05, 0.1) is 5.56 Å². The number of nitrogens with zero attached hydrogens (tertiary/aromatic N) is 1. The van der Waals surface area contributed by atoms with E-state index in [1.807, 2.05) is 23.1 Å². The van der Waals surface area contributed by atoms with Gasteiger partial charge in [-0.25, -0.2) is 0 Å². The standard InChI is InChI=1S/C14H19BrINO/c1-9(2)8-17(10(3)4)14(18)12-7-11(16)5-6-13(12)15/h5-7,9-10H,8H2,1-4H3. The molecule has 0 aromatic heterocycles. The van der Waals surface area contributed by atoms with Gasteiger partial charge in [-0.15, -0.1) is 0 Å². The van der Waals surface area contributed by atoms with Gasteiger partial charge in [-0.3, -0.25) is 4.79 Å². The van der Waals surface area contributed by atoms with Gasteiger partial charge in [0.15, 0.2) is 0 Å². The van der Waals surface area contributed by atoms with Crippen molar-refractivity contribution >= 4 is 44.4 Å². The summed E-state index contributed by atoms with van der Waals surface area (Å²) in [6.45, 7) is 9.16. The monoisotopic (exact) mass is 423 g/mol. The van der Waals surface area contributed by atoms with Crippen LogP contribution in [0.3, 0.4) is 0 Å². The maximum absolute atomic E-state index is 12.6. The molecule has 0 aliphatic carbocycles. The fourth-order valence-electron chi connectivity index (χ4n) is 1.74. The molecule has 0 spiro atoms. The molecule has 0 unspecified atom stereocenters. The molecule has 0 bridgehead atoms. The van der Waals surface area contributed by atoms with Crippen molar-refractivity contribution in [2.75, 3.05) is 6.54 Å². The van der Waals surface area contributed by atoms with E-state index in [4.69, 9.17) is 0 Å². The molecule has 4 heteroatoms. The third-order valence-electron chi connectivity index (χ3n) is 2.60. The molecule has 18 heavy (non-hydrogen) atoms. The molecule has 0 atom stereocenters. The molecule has 0 heterocycles. The first kappa shape index (κ1) is 16.0. The zero-order valence-corrected chi connectivity index (χ0v) is 14.9. The molecule has 1 rings (SSSR count). The summed E-state index contributed by atoms with van der Waals surface area (Å²) >= 11 is 5.69. The summed E-state index contributed by atoms with van der Waals surface area (Å²) in [5.41, 5.74) is 0.747. The Bertz CT molecular complexity index is 432. The molecule has 1 aromatic rings. The van der Waals surface area contributed by atoms with Crippen molar-refractivity contribution < 1.29 is 4.79 Å². The van der Waals surface area contributed by atoms with Gasteiger partial charge in [0, 0.05) is 20.6 Å². The van der Waals surface area contributed by atoms with E-state index in [2.05, 4.69) is 66.2 Å². The largest absolute Gasteiger partial charge is 0.336 e. The second-order valence-electron chi connectivity index (χ2n) is 5.07. The van der Waals surface area contributed by atoms with Crippen molar-refractivity contribution in [3.63, 3.8) is 0 Å². The van der Waals surface area contributed by atoms with E-state index >= 15 is 0 Å². The number of carbonyl (C=O) groups is 1. The smallest absolute Gasteiger partial charge is 0.255 e. The Morgan fingerprint density at radius 2 is 1.94 bits per heavy atom. The van der Waals surface area contributed by atoms with Gasteiger partial charge in [0.2, 0.25) is 0 Å². The van der Waals surface area contributed by atoms with Gasteiger partial charge >= 0.3 is 0 Å². The molecular weight excluding hydrogens is 405 g/mol. The Kier molecular flexibility index (Phi) is 6.11. The predicted octanol–water partition coefficient (Wildman–Crippen LogP) is 4.56. The Morgan fingerprint density at radius 1 is 1.33 bits per heavy atom. The average molecular weight is 424 g/mol. The topological polar surface area (TPSA) is 20.3 Å². The lowest BCUT2D eigenvalue weighted by atomic mass is 10.1. The Hall–Kier alpha value is -0.100. The van der Waals surface area contributed by atoms with Gasteiger partial charge in [-0.1, -0.05) is 13.8 Å². The highest BCUT2D eigenvalue weighted by Gasteiger charge is 2.21. The van der Waals surface area contributed by atoms with Gasteiger partial charge in [0.25, 0.3) is 5.91 Å². The van der Waals surface area contributed by atoms with Crippen molar-refractivity contribution in [2.24, 2.45) is 5.92 Å². The highest BCUT2D eigenvalue weighted by Crippen LogP contribution is 2.22. The van der Waals surface area contributed by atoms with Crippen LogP contribution >= 0.6 is 38.5 Å². The molecule has 0 saturated heterocycles. The fraction of sp³-hybridized carbons (Fsp3) is 0.500. The summed E-state index contributed by atoms with van der Waals surface area (Å²) in [6.07, 6.45) is 0. The van der Waals surface area contributed by atoms with Crippen molar-refractivity contribution in [1.82, 2.24) is 4.90 Å². The predicted molar refractivity (Wildman–Crippen MR) is 87.9 cm³/mol. The zero-order valence-electron chi connectivity index (χ0n) is 11.2.